The second-order valence-electron chi connectivity index (χ2n) is 5.95. The van der Waals surface area contributed by atoms with E-state index < -0.39 is 6.10 Å². The van der Waals surface area contributed by atoms with Crippen molar-refractivity contribution in [2.75, 3.05) is 11.4 Å². The number of benzene rings is 1. The summed E-state index contributed by atoms with van der Waals surface area (Å²) in [5.74, 6) is 1.43. The first-order valence-corrected chi connectivity index (χ1v) is 7.04. The molecule has 0 spiro atoms. The van der Waals surface area contributed by atoms with Crippen molar-refractivity contribution < 1.29 is 5.11 Å². The number of anilines is 1. The van der Waals surface area contributed by atoms with Crippen molar-refractivity contribution in [3.05, 3.63) is 29.8 Å². The molecule has 18 heavy (non-hydrogen) atoms. The van der Waals surface area contributed by atoms with Gasteiger partial charge in [-0.2, -0.15) is 0 Å². The highest BCUT2D eigenvalue weighted by atomic mass is 16.3. The van der Waals surface area contributed by atoms with Crippen LogP contribution in [0.25, 0.3) is 0 Å². The number of aliphatic hydroxyl groups excluding tert-OH is 1. The first kappa shape index (κ1) is 13.4. The van der Waals surface area contributed by atoms with Crippen molar-refractivity contribution in [2.24, 2.45) is 11.8 Å². The molecule has 0 aliphatic carbocycles. The summed E-state index contributed by atoms with van der Waals surface area (Å²) in [4.78, 5) is 2.47. The van der Waals surface area contributed by atoms with E-state index in [-0.39, 0.29) is 0 Å². The quantitative estimate of drug-likeness (QED) is 0.863. The Morgan fingerprint density at radius 2 is 1.89 bits per heavy atom. The normalized spacial score (nSPS) is 30.3. The Balaban J connectivity index is 2.35. The van der Waals surface area contributed by atoms with Gasteiger partial charge in [-0.25, -0.2) is 0 Å². The average molecular weight is 247 g/mol. The zero-order chi connectivity index (χ0) is 13.3. The van der Waals surface area contributed by atoms with E-state index in [9.17, 15) is 5.11 Å². The van der Waals surface area contributed by atoms with Gasteiger partial charge in [0, 0.05) is 23.8 Å². The fraction of sp³-hybridized carbons (Fsp3) is 0.625. The molecule has 1 aromatic carbocycles. The predicted molar refractivity (Wildman–Crippen MR) is 76.8 cm³/mol. The van der Waals surface area contributed by atoms with Crippen LogP contribution in [0.2, 0.25) is 0 Å². The third-order valence-electron chi connectivity index (χ3n) is 4.29. The van der Waals surface area contributed by atoms with Gasteiger partial charge in [0.25, 0.3) is 0 Å². The summed E-state index contributed by atoms with van der Waals surface area (Å²) in [5.41, 5.74) is 2.25. The first-order valence-electron chi connectivity index (χ1n) is 7.04. The minimum Gasteiger partial charge on any atom is -0.389 e. The average Bonchev–Trinajstić information content (AvgIpc) is 2.33. The number of nitrogens with zero attached hydrogens (tertiary/aromatic N) is 1. The fourth-order valence-electron chi connectivity index (χ4n) is 3.14. The van der Waals surface area contributed by atoms with E-state index in [0.717, 1.165) is 18.0 Å². The second-order valence-corrected chi connectivity index (χ2v) is 5.95. The molecule has 1 aliphatic rings. The lowest BCUT2D eigenvalue weighted by Gasteiger charge is -2.43. The van der Waals surface area contributed by atoms with Gasteiger partial charge in [-0.15, -0.1) is 0 Å². The van der Waals surface area contributed by atoms with E-state index in [2.05, 4.69) is 37.8 Å². The second kappa shape index (κ2) is 5.31. The number of piperidine rings is 1. The largest absolute Gasteiger partial charge is 0.389 e. The Morgan fingerprint density at radius 1 is 1.22 bits per heavy atom. The molecule has 0 amide bonds. The van der Waals surface area contributed by atoms with Crippen LogP contribution < -0.4 is 4.90 Å². The van der Waals surface area contributed by atoms with Crippen LogP contribution >= 0.6 is 0 Å². The van der Waals surface area contributed by atoms with E-state index >= 15 is 0 Å². The maximum absolute atomic E-state index is 9.93. The monoisotopic (exact) mass is 247 g/mol. The van der Waals surface area contributed by atoms with Crippen molar-refractivity contribution in [3.8, 4) is 0 Å². The van der Waals surface area contributed by atoms with Crippen LogP contribution in [0.3, 0.4) is 0 Å². The molecule has 1 saturated heterocycles. The van der Waals surface area contributed by atoms with Gasteiger partial charge in [-0.1, -0.05) is 32.0 Å². The Morgan fingerprint density at radius 3 is 2.56 bits per heavy atom. The van der Waals surface area contributed by atoms with Gasteiger partial charge in [0.1, 0.15) is 0 Å². The molecule has 2 nitrogen and oxygen atoms in total. The molecule has 1 N–H and O–H groups in total. The standard InChI is InChI=1S/C16H25NO/c1-11-9-12(2)13(3)17(10-11)16-8-6-5-7-15(16)14(4)18/h5-8,11-14,18H,9-10H2,1-4H3/t11?,12?,13?,14-/m0/s1. The SMILES string of the molecule is CC1CC(C)C(C)N(c2ccccc2[C@H](C)O)C1. The van der Waals surface area contributed by atoms with Gasteiger partial charge < -0.3 is 10.0 Å². The molecule has 0 bridgehead atoms. The predicted octanol–water partition coefficient (Wildman–Crippen LogP) is 3.61. The number of rotatable bonds is 2. The Bertz CT molecular complexity index is 402. The molecule has 1 fully saturated rings. The van der Waals surface area contributed by atoms with Crippen LogP contribution in [-0.4, -0.2) is 17.7 Å². The van der Waals surface area contributed by atoms with Gasteiger partial charge in [-0.05, 0) is 38.2 Å². The van der Waals surface area contributed by atoms with Gasteiger partial charge in [0.05, 0.1) is 6.10 Å². The molecule has 2 rings (SSSR count). The number of para-hydroxylation sites is 1. The summed E-state index contributed by atoms with van der Waals surface area (Å²) in [6.45, 7) is 9.89. The van der Waals surface area contributed by atoms with E-state index in [1.165, 1.54) is 12.1 Å². The molecule has 0 saturated carbocycles. The van der Waals surface area contributed by atoms with Gasteiger partial charge in [0.15, 0.2) is 0 Å². The van der Waals surface area contributed by atoms with Crippen LogP contribution in [0.5, 0.6) is 0 Å². The number of hydrogen-bond donors (Lipinski definition) is 1. The highest BCUT2D eigenvalue weighted by Crippen LogP contribution is 2.34. The van der Waals surface area contributed by atoms with Crippen LogP contribution in [-0.2, 0) is 0 Å². The Kier molecular flexibility index (Phi) is 3.96. The van der Waals surface area contributed by atoms with Crippen LogP contribution in [0.4, 0.5) is 5.69 Å². The molecule has 2 heteroatoms. The third-order valence-corrected chi connectivity index (χ3v) is 4.29. The summed E-state index contributed by atoms with van der Waals surface area (Å²) < 4.78 is 0. The van der Waals surface area contributed by atoms with Gasteiger partial charge >= 0.3 is 0 Å². The lowest BCUT2D eigenvalue weighted by Crippen LogP contribution is -2.46. The summed E-state index contributed by atoms with van der Waals surface area (Å²) in [7, 11) is 0. The van der Waals surface area contributed by atoms with Crippen LogP contribution in [0.1, 0.15) is 45.8 Å². The van der Waals surface area contributed by atoms with Crippen molar-refractivity contribution in [1.82, 2.24) is 0 Å². The van der Waals surface area contributed by atoms with Crippen LogP contribution in [0.15, 0.2) is 24.3 Å². The molecular formula is C16H25NO. The summed E-state index contributed by atoms with van der Waals surface area (Å²) in [5, 5.41) is 9.93. The summed E-state index contributed by atoms with van der Waals surface area (Å²) in [6.07, 6.45) is 0.898. The smallest absolute Gasteiger partial charge is 0.0781 e. The van der Waals surface area contributed by atoms with E-state index in [4.69, 9.17) is 0 Å². The minimum atomic E-state index is -0.402. The molecule has 1 aromatic rings. The maximum atomic E-state index is 9.93. The number of aliphatic hydroxyl groups is 1. The molecule has 0 aromatic heterocycles. The maximum Gasteiger partial charge on any atom is 0.0781 e. The van der Waals surface area contributed by atoms with Gasteiger partial charge in [0.2, 0.25) is 0 Å². The molecule has 100 valence electrons. The van der Waals surface area contributed by atoms with E-state index in [0.29, 0.717) is 12.0 Å². The highest BCUT2D eigenvalue weighted by molar-refractivity contribution is 5.55. The Labute approximate surface area is 111 Å². The zero-order valence-electron chi connectivity index (χ0n) is 11.9. The molecule has 3 unspecified atom stereocenters. The number of hydrogen-bond acceptors (Lipinski definition) is 2. The van der Waals surface area contributed by atoms with Crippen molar-refractivity contribution in [1.29, 1.82) is 0 Å². The van der Waals surface area contributed by atoms with E-state index in [1.54, 1.807) is 0 Å². The lowest BCUT2D eigenvalue weighted by atomic mass is 9.85. The molecule has 4 atom stereocenters. The molecule has 1 heterocycles. The molecular weight excluding hydrogens is 222 g/mol. The highest BCUT2D eigenvalue weighted by Gasteiger charge is 2.30. The zero-order valence-corrected chi connectivity index (χ0v) is 11.9. The van der Waals surface area contributed by atoms with E-state index in [1.807, 2.05) is 19.1 Å². The fourth-order valence-corrected chi connectivity index (χ4v) is 3.14. The summed E-state index contributed by atoms with van der Waals surface area (Å²) >= 11 is 0. The topological polar surface area (TPSA) is 23.5 Å². The first-order chi connectivity index (χ1) is 8.50. The lowest BCUT2D eigenvalue weighted by molar-refractivity contribution is 0.198. The molecule has 1 aliphatic heterocycles. The van der Waals surface area contributed by atoms with Crippen molar-refractivity contribution >= 4 is 5.69 Å². The minimum absolute atomic E-state index is 0.402. The van der Waals surface area contributed by atoms with Gasteiger partial charge in [-0.3, -0.25) is 0 Å². The Hall–Kier alpha value is -1.02. The third kappa shape index (κ3) is 2.54. The van der Waals surface area contributed by atoms with Crippen molar-refractivity contribution in [2.45, 2.75) is 46.3 Å². The molecule has 0 radical (unpaired) electrons. The summed E-state index contributed by atoms with van der Waals surface area (Å²) in [6, 6.07) is 8.80. The van der Waals surface area contributed by atoms with Crippen LogP contribution in [0, 0.1) is 11.8 Å². The van der Waals surface area contributed by atoms with Crippen molar-refractivity contribution in [3.63, 3.8) is 0 Å².